The lowest BCUT2D eigenvalue weighted by Gasteiger charge is -2.61. The molecule has 5 aliphatic rings. The summed E-state index contributed by atoms with van der Waals surface area (Å²) < 4.78 is 0. The van der Waals surface area contributed by atoms with Gasteiger partial charge in [-0.05, 0) is 119 Å². The zero-order chi connectivity index (χ0) is 23.2. The molecule has 0 aromatic heterocycles. The van der Waals surface area contributed by atoms with Gasteiger partial charge in [-0.2, -0.15) is 0 Å². The highest BCUT2D eigenvalue weighted by Gasteiger charge is 2.60. The molecule has 6 heteroatoms. The third-order valence-electron chi connectivity index (χ3n) is 11.1. The molecule has 0 radical (unpaired) electrons. The van der Waals surface area contributed by atoms with E-state index in [0.717, 1.165) is 55.7 Å². The first-order valence-electron chi connectivity index (χ1n) is 13.7. The first-order valence-corrected chi connectivity index (χ1v) is 13.7. The van der Waals surface area contributed by atoms with Crippen LogP contribution >= 0.6 is 0 Å². The van der Waals surface area contributed by atoms with E-state index in [4.69, 9.17) is 4.84 Å². The SMILES string of the molecule is C/C(=N\OC(=O)NCC1CCCN1)[C@H]1CC[C@H]2[C@@H]3CC[C@@H]4C[C@@H](O)CC[C@]4(C)[C@H]3CC[C@]12C. The van der Waals surface area contributed by atoms with Crippen LogP contribution < -0.4 is 10.6 Å². The molecule has 0 spiro atoms. The van der Waals surface area contributed by atoms with E-state index in [0.29, 0.717) is 29.8 Å². The fourth-order valence-corrected chi connectivity index (χ4v) is 9.27. The number of nitrogens with zero attached hydrogens (tertiary/aromatic N) is 1. The van der Waals surface area contributed by atoms with E-state index < -0.39 is 6.09 Å². The lowest BCUT2D eigenvalue weighted by molar-refractivity contribution is -0.123. The van der Waals surface area contributed by atoms with Crippen LogP contribution in [0.2, 0.25) is 0 Å². The number of aliphatic hydroxyl groups excluding tert-OH is 1. The molecule has 4 saturated carbocycles. The largest absolute Gasteiger partial charge is 0.433 e. The average Bonchev–Trinajstić information content (AvgIpc) is 3.44. The number of aliphatic hydroxyl groups is 1. The summed E-state index contributed by atoms with van der Waals surface area (Å²) in [5.41, 5.74) is 1.67. The standard InChI is InChI=1S/C27H45N3O3/c1-17(30-33-25(32)29-16-19-5-4-14-28-19)22-8-9-23-21-7-6-18-15-20(31)10-12-26(18,2)24(21)11-13-27(22,23)3/h18-24,28,31H,4-16H2,1-3H3,(H,29,32)/b30-17+/t18-,19?,20+,21+,22-,23+,24+,26+,27-/m1/s1. The molecule has 1 unspecified atom stereocenters. The maximum atomic E-state index is 12.2. The Labute approximate surface area is 199 Å². The number of rotatable bonds is 4. The van der Waals surface area contributed by atoms with Gasteiger partial charge in [0.05, 0.1) is 11.8 Å². The maximum absolute atomic E-state index is 12.2. The van der Waals surface area contributed by atoms with Gasteiger partial charge in [0, 0.05) is 18.5 Å². The molecule has 0 aromatic carbocycles. The first kappa shape index (κ1) is 23.6. The number of hydrogen-bond donors (Lipinski definition) is 3. The number of fused-ring (bicyclic) bond motifs is 5. The van der Waals surface area contributed by atoms with Crippen LogP contribution in [0.3, 0.4) is 0 Å². The summed E-state index contributed by atoms with van der Waals surface area (Å²) in [5, 5.41) is 20.8. The van der Waals surface area contributed by atoms with Crippen LogP contribution in [-0.4, -0.2) is 42.1 Å². The number of amides is 1. The molecule has 6 nitrogen and oxygen atoms in total. The Bertz CT molecular complexity index is 766. The number of nitrogens with one attached hydrogen (secondary N) is 2. The molecule has 3 N–H and O–H groups in total. The minimum atomic E-state index is -0.433. The van der Waals surface area contributed by atoms with Crippen molar-refractivity contribution in [3.05, 3.63) is 0 Å². The molecule has 9 atom stereocenters. The molecular formula is C27H45N3O3. The monoisotopic (exact) mass is 459 g/mol. The second kappa shape index (κ2) is 9.14. The Balaban J connectivity index is 1.22. The number of oxime groups is 1. The number of hydrogen-bond acceptors (Lipinski definition) is 5. The van der Waals surface area contributed by atoms with Crippen LogP contribution in [0.4, 0.5) is 4.79 Å². The Kier molecular flexibility index (Phi) is 6.54. The molecule has 186 valence electrons. The van der Waals surface area contributed by atoms with Crippen molar-refractivity contribution in [2.45, 2.75) is 104 Å². The van der Waals surface area contributed by atoms with E-state index >= 15 is 0 Å². The van der Waals surface area contributed by atoms with Gasteiger partial charge in [0.15, 0.2) is 0 Å². The fraction of sp³-hybridized carbons (Fsp3) is 0.926. The summed E-state index contributed by atoms with van der Waals surface area (Å²) in [6.45, 7) is 8.75. The maximum Gasteiger partial charge on any atom is 0.433 e. The van der Waals surface area contributed by atoms with E-state index in [2.05, 4.69) is 36.6 Å². The Morgan fingerprint density at radius 2 is 1.85 bits per heavy atom. The van der Waals surface area contributed by atoms with E-state index in [9.17, 15) is 9.90 Å². The van der Waals surface area contributed by atoms with Gasteiger partial charge in [-0.25, -0.2) is 4.79 Å². The average molecular weight is 460 g/mol. The van der Waals surface area contributed by atoms with Crippen molar-refractivity contribution < 1.29 is 14.7 Å². The molecule has 1 heterocycles. The second-order valence-corrected chi connectivity index (χ2v) is 12.5. The molecule has 1 amide bonds. The zero-order valence-corrected chi connectivity index (χ0v) is 20.9. The highest BCUT2D eigenvalue weighted by molar-refractivity contribution is 5.85. The van der Waals surface area contributed by atoms with Crippen LogP contribution in [-0.2, 0) is 4.84 Å². The van der Waals surface area contributed by atoms with Gasteiger partial charge < -0.3 is 15.7 Å². The lowest BCUT2D eigenvalue weighted by atomic mass is 9.44. The van der Waals surface area contributed by atoms with Gasteiger partial charge in [0.1, 0.15) is 0 Å². The van der Waals surface area contributed by atoms with Gasteiger partial charge >= 0.3 is 6.09 Å². The Hall–Kier alpha value is -1.14. The van der Waals surface area contributed by atoms with Gasteiger partial charge in [-0.3, -0.25) is 4.84 Å². The smallest absolute Gasteiger partial charge is 0.393 e. The molecule has 1 saturated heterocycles. The Morgan fingerprint density at radius 3 is 2.64 bits per heavy atom. The van der Waals surface area contributed by atoms with Gasteiger partial charge in [-0.1, -0.05) is 19.0 Å². The molecule has 5 rings (SSSR count). The highest BCUT2D eigenvalue weighted by atomic mass is 16.7. The van der Waals surface area contributed by atoms with Crippen molar-refractivity contribution in [3.8, 4) is 0 Å². The van der Waals surface area contributed by atoms with E-state index in [1.807, 2.05) is 0 Å². The third kappa shape index (κ3) is 4.24. The van der Waals surface area contributed by atoms with Crippen molar-refractivity contribution >= 4 is 11.8 Å². The summed E-state index contributed by atoms with van der Waals surface area (Å²) >= 11 is 0. The predicted molar refractivity (Wildman–Crippen MR) is 130 cm³/mol. The molecule has 33 heavy (non-hydrogen) atoms. The number of carbonyl (C=O) groups excluding carboxylic acids is 1. The van der Waals surface area contributed by atoms with Crippen LogP contribution in [0.25, 0.3) is 0 Å². The molecule has 4 aliphatic carbocycles. The zero-order valence-electron chi connectivity index (χ0n) is 20.9. The predicted octanol–water partition coefficient (Wildman–Crippen LogP) is 4.86. The molecule has 0 aromatic rings. The van der Waals surface area contributed by atoms with E-state index in [1.54, 1.807) is 0 Å². The van der Waals surface area contributed by atoms with Crippen LogP contribution in [0.5, 0.6) is 0 Å². The van der Waals surface area contributed by atoms with Crippen LogP contribution in [0, 0.1) is 40.4 Å². The minimum absolute atomic E-state index is 0.0742. The van der Waals surface area contributed by atoms with Crippen molar-refractivity contribution in [2.75, 3.05) is 13.1 Å². The summed E-state index contributed by atoms with van der Waals surface area (Å²) in [5.74, 6) is 3.48. The summed E-state index contributed by atoms with van der Waals surface area (Å²) in [4.78, 5) is 17.5. The summed E-state index contributed by atoms with van der Waals surface area (Å²) in [6, 6.07) is 0.358. The van der Waals surface area contributed by atoms with Crippen molar-refractivity contribution in [3.63, 3.8) is 0 Å². The Morgan fingerprint density at radius 1 is 1.06 bits per heavy atom. The van der Waals surface area contributed by atoms with E-state index in [-0.39, 0.29) is 11.5 Å². The highest BCUT2D eigenvalue weighted by Crippen LogP contribution is 2.67. The second-order valence-electron chi connectivity index (χ2n) is 12.5. The van der Waals surface area contributed by atoms with E-state index in [1.165, 1.54) is 44.9 Å². The molecule has 5 fully saturated rings. The molecular weight excluding hydrogens is 414 g/mol. The summed E-state index contributed by atoms with van der Waals surface area (Å²) in [7, 11) is 0. The molecule has 1 aliphatic heterocycles. The minimum Gasteiger partial charge on any atom is -0.393 e. The topological polar surface area (TPSA) is 83.0 Å². The third-order valence-corrected chi connectivity index (χ3v) is 11.1. The van der Waals surface area contributed by atoms with Gasteiger partial charge in [-0.15, -0.1) is 0 Å². The molecule has 0 bridgehead atoms. The van der Waals surface area contributed by atoms with Crippen molar-refractivity contribution in [1.82, 2.24) is 10.6 Å². The fourth-order valence-electron chi connectivity index (χ4n) is 9.27. The van der Waals surface area contributed by atoms with Crippen LogP contribution in [0.1, 0.15) is 91.4 Å². The van der Waals surface area contributed by atoms with Crippen molar-refractivity contribution in [2.24, 2.45) is 45.6 Å². The lowest BCUT2D eigenvalue weighted by Crippen LogP contribution is -2.54. The van der Waals surface area contributed by atoms with Gasteiger partial charge in [0.25, 0.3) is 0 Å². The van der Waals surface area contributed by atoms with Crippen LogP contribution in [0.15, 0.2) is 5.16 Å². The first-order chi connectivity index (χ1) is 15.8. The quantitative estimate of drug-likeness (QED) is 0.318. The number of carbonyl (C=O) groups is 1. The van der Waals surface area contributed by atoms with Crippen molar-refractivity contribution in [1.29, 1.82) is 0 Å². The summed E-state index contributed by atoms with van der Waals surface area (Å²) in [6.07, 6.45) is 12.6. The normalized spacial score (nSPS) is 47.4. The van der Waals surface area contributed by atoms with Gasteiger partial charge in [0.2, 0.25) is 0 Å².